The van der Waals surface area contributed by atoms with Gasteiger partial charge in [-0.2, -0.15) is 0 Å². The third-order valence-electron chi connectivity index (χ3n) is 11.1. The van der Waals surface area contributed by atoms with E-state index in [-0.39, 0.29) is 53.9 Å². The van der Waals surface area contributed by atoms with Crippen molar-refractivity contribution in [3.8, 4) is 0 Å². The normalized spacial score (nSPS) is 18.9. The highest BCUT2D eigenvalue weighted by atomic mass is 19.1. The number of nitrogens with one attached hydrogen (secondary N) is 3. The number of benzene rings is 1. The van der Waals surface area contributed by atoms with E-state index in [1.165, 1.54) is 20.3 Å². The number of rotatable bonds is 21. The molecule has 14 heteroatoms. The molecule has 1 saturated heterocycles. The first-order chi connectivity index (χ1) is 26.6. The van der Waals surface area contributed by atoms with Crippen molar-refractivity contribution in [3.05, 3.63) is 35.6 Å². The number of likely N-dealkylation sites (N-methyl/N-ethyl adjacent to an activating group) is 2. The van der Waals surface area contributed by atoms with Crippen LogP contribution in [-0.2, 0) is 44.6 Å². The average molecular weight is 806 g/mol. The maximum Gasteiger partial charge on any atom is 0.329 e. The Balaban J connectivity index is 2.32. The van der Waals surface area contributed by atoms with E-state index in [1.54, 1.807) is 69.8 Å². The number of halogens is 1. The van der Waals surface area contributed by atoms with Crippen molar-refractivity contribution in [2.45, 2.75) is 149 Å². The summed E-state index contributed by atoms with van der Waals surface area (Å²) in [6, 6.07) is 2.67. The number of carbonyl (C=O) groups is 5. The predicted octanol–water partition coefficient (Wildman–Crippen LogP) is 4.50. The SMILES string of the molecule is CC[C@H](C)[C@@H]([C@@H](CC(=O)N1CCCC1[C@H](OC)[C@@H](C)C(=O)NC(Cc1ccccc1F)C(=O)OC(C)(C)C)OC)N(C)C(=O)C(NC(=O)C(NC)C(C)C)C(C)C. The molecule has 4 unspecified atom stereocenters. The highest BCUT2D eigenvalue weighted by Gasteiger charge is 2.43. The highest BCUT2D eigenvalue weighted by molar-refractivity contribution is 5.90. The number of hydrogen-bond acceptors (Lipinski definition) is 9. The molecule has 0 aliphatic carbocycles. The van der Waals surface area contributed by atoms with E-state index >= 15 is 0 Å². The topological polar surface area (TPSA) is 156 Å². The molecule has 0 radical (unpaired) electrons. The predicted molar refractivity (Wildman–Crippen MR) is 218 cm³/mol. The standard InChI is InChI=1S/C43H72FN5O8/c1-15-27(6)37(48(12)41(53)36(26(4)5)47-40(52)35(45-11)25(2)3)33(55-13)24-34(50)49-22-18-21-32(49)38(56-14)28(7)39(51)46-31(42(54)57-43(8,9)10)23-29-19-16-17-20-30(29)44/h16-17,19-20,25-28,31-33,35-38,45H,15,18,21-24H2,1-14H3,(H,46,51)(H,47,52)/t27-,28+,31?,32?,33+,35?,36?,37-,38+/m0/s1. The molecule has 0 aromatic heterocycles. The molecule has 0 saturated carbocycles. The summed E-state index contributed by atoms with van der Waals surface area (Å²) in [5.41, 5.74) is -0.585. The second-order valence-electron chi connectivity index (χ2n) is 17.2. The van der Waals surface area contributed by atoms with Crippen molar-refractivity contribution in [1.29, 1.82) is 0 Å². The van der Waals surface area contributed by atoms with Crippen molar-refractivity contribution >= 4 is 29.6 Å². The van der Waals surface area contributed by atoms with Crippen LogP contribution in [0.3, 0.4) is 0 Å². The molecule has 1 fully saturated rings. The first kappa shape index (κ1) is 49.5. The van der Waals surface area contributed by atoms with Gasteiger partial charge in [0, 0.05) is 34.2 Å². The zero-order chi connectivity index (χ0) is 43.4. The van der Waals surface area contributed by atoms with Crippen molar-refractivity contribution in [1.82, 2.24) is 25.8 Å². The summed E-state index contributed by atoms with van der Waals surface area (Å²) < 4.78 is 32.2. The maximum absolute atomic E-state index is 14.7. The Labute approximate surface area is 340 Å². The number of hydrogen-bond donors (Lipinski definition) is 3. The van der Waals surface area contributed by atoms with Gasteiger partial charge in [0.1, 0.15) is 23.5 Å². The number of likely N-dealkylation sites (tertiary alicyclic amines) is 1. The van der Waals surface area contributed by atoms with Gasteiger partial charge in [0.05, 0.1) is 42.7 Å². The second-order valence-corrected chi connectivity index (χ2v) is 17.2. The molecular formula is C43H72FN5O8. The minimum atomic E-state index is -1.17. The van der Waals surface area contributed by atoms with E-state index in [2.05, 4.69) is 16.0 Å². The van der Waals surface area contributed by atoms with Crippen LogP contribution in [0.2, 0.25) is 0 Å². The van der Waals surface area contributed by atoms with Gasteiger partial charge in [-0.05, 0) is 70.0 Å². The summed E-state index contributed by atoms with van der Waals surface area (Å²) >= 11 is 0. The molecule has 4 amide bonds. The Hall–Kier alpha value is -3.62. The van der Waals surface area contributed by atoms with E-state index in [4.69, 9.17) is 14.2 Å². The number of esters is 1. The first-order valence-corrected chi connectivity index (χ1v) is 20.5. The minimum absolute atomic E-state index is 0.0107. The van der Waals surface area contributed by atoms with Crippen LogP contribution in [0.25, 0.3) is 0 Å². The highest BCUT2D eigenvalue weighted by Crippen LogP contribution is 2.30. The third-order valence-corrected chi connectivity index (χ3v) is 11.1. The zero-order valence-electron chi connectivity index (χ0n) is 36.9. The molecule has 57 heavy (non-hydrogen) atoms. The number of nitrogens with zero attached hydrogens (tertiary/aromatic N) is 2. The Morgan fingerprint density at radius 2 is 1.54 bits per heavy atom. The fourth-order valence-corrected chi connectivity index (χ4v) is 7.80. The Kier molecular flexibility index (Phi) is 19.6. The zero-order valence-corrected chi connectivity index (χ0v) is 36.9. The Morgan fingerprint density at radius 1 is 0.930 bits per heavy atom. The van der Waals surface area contributed by atoms with Gasteiger partial charge < -0.3 is 40.0 Å². The molecule has 1 aromatic rings. The smallest absolute Gasteiger partial charge is 0.329 e. The van der Waals surface area contributed by atoms with E-state index in [0.29, 0.717) is 25.8 Å². The van der Waals surface area contributed by atoms with Crippen LogP contribution in [0.15, 0.2) is 24.3 Å². The average Bonchev–Trinajstić information content (AvgIpc) is 3.62. The van der Waals surface area contributed by atoms with Crippen LogP contribution in [0.5, 0.6) is 0 Å². The molecule has 324 valence electrons. The van der Waals surface area contributed by atoms with Crippen LogP contribution in [0.4, 0.5) is 4.39 Å². The molecule has 3 N–H and O–H groups in total. The summed E-state index contributed by atoms with van der Waals surface area (Å²) in [4.78, 5) is 72.2. The van der Waals surface area contributed by atoms with Gasteiger partial charge in [-0.1, -0.05) is 73.1 Å². The largest absolute Gasteiger partial charge is 0.458 e. The van der Waals surface area contributed by atoms with Crippen LogP contribution in [-0.4, -0.2) is 122 Å². The monoisotopic (exact) mass is 806 g/mol. The molecule has 1 heterocycles. The molecule has 13 nitrogen and oxygen atoms in total. The lowest BCUT2D eigenvalue weighted by Gasteiger charge is -2.41. The molecule has 1 aromatic carbocycles. The van der Waals surface area contributed by atoms with Crippen molar-refractivity contribution in [3.63, 3.8) is 0 Å². The molecule has 9 atom stereocenters. The summed E-state index contributed by atoms with van der Waals surface area (Å²) in [6.45, 7) is 18.9. The molecule has 0 spiro atoms. The summed E-state index contributed by atoms with van der Waals surface area (Å²) in [7, 11) is 6.43. The number of carbonyl (C=O) groups excluding carboxylic acids is 5. The van der Waals surface area contributed by atoms with Gasteiger partial charge >= 0.3 is 5.97 Å². The minimum Gasteiger partial charge on any atom is -0.458 e. The molecule has 0 bridgehead atoms. The van der Waals surface area contributed by atoms with Gasteiger partial charge in [0.15, 0.2) is 0 Å². The lowest BCUT2D eigenvalue weighted by molar-refractivity contribution is -0.159. The fourth-order valence-electron chi connectivity index (χ4n) is 7.80. The maximum atomic E-state index is 14.7. The lowest BCUT2D eigenvalue weighted by Crippen LogP contribution is -2.59. The summed E-state index contributed by atoms with van der Waals surface area (Å²) in [5, 5.41) is 8.80. The van der Waals surface area contributed by atoms with E-state index < -0.39 is 71.6 Å². The van der Waals surface area contributed by atoms with Gasteiger partial charge in [0.2, 0.25) is 23.6 Å². The van der Waals surface area contributed by atoms with Crippen LogP contribution in [0.1, 0.15) is 100 Å². The van der Waals surface area contributed by atoms with Crippen LogP contribution >= 0.6 is 0 Å². The quantitative estimate of drug-likeness (QED) is 0.153. The van der Waals surface area contributed by atoms with E-state index in [9.17, 15) is 28.4 Å². The van der Waals surface area contributed by atoms with Crippen molar-refractivity contribution in [2.24, 2.45) is 23.7 Å². The molecule has 1 aliphatic heterocycles. The van der Waals surface area contributed by atoms with E-state index in [0.717, 1.165) is 0 Å². The van der Waals surface area contributed by atoms with Crippen LogP contribution < -0.4 is 16.0 Å². The summed E-state index contributed by atoms with van der Waals surface area (Å²) in [5.74, 6) is -3.49. The van der Waals surface area contributed by atoms with E-state index in [1.807, 2.05) is 41.5 Å². The molecule has 1 aliphatic rings. The Bertz CT molecular complexity index is 1490. The number of ether oxygens (including phenoxy) is 3. The van der Waals surface area contributed by atoms with Gasteiger partial charge in [0.25, 0.3) is 0 Å². The second kappa shape index (κ2) is 22.5. The van der Waals surface area contributed by atoms with Gasteiger partial charge in [-0.15, -0.1) is 0 Å². The van der Waals surface area contributed by atoms with Crippen molar-refractivity contribution in [2.75, 3.05) is 34.9 Å². The lowest BCUT2D eigenvalue weighted by atomic mass is 9.89. The first-order valence-electron chi connectivity index (χ1n) is 20.5. The van der Waals surface area contributed by atoms with Crippen LogP contribution in [0, 0.1) is 29.5 Å². The third kappa shape index (κ3) is 13.7. The number of amides is 4. The molecule has 2 rings (SSSR count). The van der Waals surface area contributed by atoms with Gasteiger partial charge in [-0.3, -0.25) is 19.2 Å². The number of methoxy groups -OCH3 is 2. The Morgan fingerprint density at radius 3 is 2.05 bits per heavy atom. The fraction of sp³-hybridized carbons (Fsp3) is 0.744. The summed E-state index contributed by atoms with van der Waals surface area (Å²) in [6.07, 6.45) is 0.408. The molecular weight excluding hydrogens is 733 g/mol. The van der Waals surface area contributed by atoms with Crippen molar-refractivity contribution < 1.29 is 42.6 Å². The van der Waals surface area contributed by atoms with Gasteiger partial charge in [-0.25, -0.2) is 9.18 Å².